The highest BCUT2D eigenvalue weighted by molar-refractivity contribution is 7.13. The van der Waals surface area contributed by atoms with Gasteiger partial charge in [0, 0.05) is 10.9 Å². The van der Waals surface area contributed by atoms with E-state index < -0.39 is 11.9 Å². The molecule has 0 aliphatic rings. The first-order valence-corrected chi connectivity index (χ1v) is 8.68. The summed E-state index contributed by atoms with van der Waals surface area (Å²) in [5.41, 5.74) is 6.97. The molecular weight excluding hydrogens is 352 g/mol. The molecule has 0 bridgehead atoms. The summed E-state index contributed by atoms with van der Waals surface area (Å²) in [4.78, 5) is 27.7. The Morgan fingerprint density at radius 3 is 2.54 bits per heavy atom. The van der Waals surface area contributed by atoms with Crippen molar-refractivity contribution in [3.8, 4) is 16.3 Å². The van der Waals surface area contributed by atoms with E-state index in [4.69, 9.17) is 15.2 Å². The maximum Gasteiger partial charge on any atom is 0.342 e. The molecule has 3 rings (SSSR count). The number of hydrogen-bond donors (Lipinski definition) is 1. The predicted octanol–water partition coefficient (Wildman–Crippen LogP) is 3.03. The number of hydrogen-bond acceptors (Lipinski definition) is 6. The van der Waals surface area contributed by atoms with Gasteiger partial charge in [0.2, 0.25) is 0 Å². The van der Waals surface area contributed by atoms with Crippen LogP contribution >= 0.6 is 11.3 Å². The lowest BCUT2D eigenvalue weighted by molar-refractivity contribution is -0.119. The Balaban J connectivity index is 1.65. The summed E-state index contributed by atoms with van der Waals surface area (Å²) in [5, 5.41) is 2.72. The van der Waals surface area contributed by atoms with E-state index >= 15 is 0 Å². The summed E-state index contributed by atoms with van der Waals surface area (Å²) >= 11 is 1.49. The Kier molecular flexibility index (Phi) is 5.60. The number of esters is 1. The first-order valence-electron chi connectivity index (χ1n) is 7.80. The van der Waals surface area contributed by atoms with E-state index in [2.05, 4.69) is 4.98 Å². The zero-order valence-electron chi connectivity index (χ0n) is 13.8. The van der Waals surface area contributed by atoms with Crippen LogP contribution in [0, 0.1) is 0 Å². The standard InChI is InChI=1S/C19H16N2O4S/c20-17(22)11-24-16-9-5-4-8-15(16)19(23)25-10-14-12-26-18(21-14)13-6-2-1-3-7-13/h1-9,12H,10-11H2,(H2,20,22). The average molecular weight is 368 g/mol. The molecule has 0 atom stereocenters. The number of aromatic nitrogens is 1. The molecule has 0 aliphatic carbocycles. The van der Waals surface area contributed by atoms with Gasteiger partial charge in [-0.25, -0.2) is 9.78 Å². The van der Waals surface area contributed by atoms with Crippen LogP contribution in [0.3, 0.4) is 0 Å². The van der Waals surface area contributed by atoms with Gasteiger partial charge < -0.3 is 15.2 Å². The van der Waals surface area contributed by atoms with Crippen molar-refractivity contribution in [3.05, 3.63) is 71.2 Å². The molecule has 6 nitrogen and oxygen atoms in total. The molecule has 7 heteroatoms. The lowest BCUT2D eigenvalue weighted by Gasteiger charge is -2.09. The highest BCUT2D eigenvalue weighted by Crippen LogP contribution is 2.24. The molecule has 1 amide bonds. The van der Waals surface area contributed by atoms with Crippen LogP contribution in [0.15, 0.2) is 60.0 Å². The van der Waals surface area contributed by atoms with Gasteiger partial charge in [-0.2, -0.15) is 0 Å². The van der Waals surface area contributed by atoms with Crippen LogP contribution in [-0.4, -0.2) is 23.5 Å². The summed E-state index contributed by atoms with van der Waals surface area (Å²) in [6.07, 6.45) is 0. The molecular formula is C19H16N2O4S. The Labute approximate surface area is 154 Å². The lowest BCUT2D eigenvalue weighted by atomic mass is 10.2. The average Bonchev–Trinajstić information content (AvgIpc) is 3.14. The van der Waals surface area contributed by atoms with E-state index in [1.54, 1.807) is 24.3 Å². The van der Waals surface area contributed by atoms with Gasteiger partial charge in [0.05, 0.1) is 5.69 Å². The largest absolute Gasteiger partial charge is 0.483 e. The molecule has 0 unspecified atom stereocenters. The third-order valence-corrected chi connectivity index (χ3v) is 4.34. The van der Waals surface area contributed by atoms with E-state index in [-0.39, 0.29) is 24.5 Å². The highest BCUT2D eigenvalue weighted by atomic mass is 32.1. The van der Waals surface area contributed by atoms with E-state index in [0.29, 0.717) is 5.69 Å². The number of amides is 1. The summed E-state index contributed by atoms with van der Waals surface area (Å²) in [7, 11) is 0. The lowest BCUT2D eigenvalue weighted by Crippen LogP contribution is -2.21. The molecule has 3 aromatic rings. The molecule has 1 aromatic heterocycles. The van der Waals surface area contributed by atoms with E-state index in [0.717, 1.165) is 10.6 Å². The molecule has 2 aromatic carbocycles. The van der Waals surface area contributed by atoms with Crippen LogP contribution in [0.25, 0.3) is 10.6 Å². The van der Waals surface area contributed by atoms with Crippen molar-refractivity contribution in [3.63, 3.8) is 0 Å². The maximum absolute atomic E-state index is 12.3. The Morgan fingerprint density at radius 2 is 1.77 bits per heavy atom. The molecule has 0 radical (unpaired) electrons. The Hall–Kier alpha value is -3.19. The zero-order chi connectivity index (χ0) is 18.4. The number of carbonyl (C=O) groups is 2. The van der Waals surface area contributed by atoms with Gasteiger partial charge in [0.15, 0.2) is 6.61 Å². The number of nitrogens with two attached hydrogens (primary N) is 1. The van der Waals surface area contributed by atoms with Crippen LogP contribution in [0.5, 0.6) is 5.75 Å². The van der Waals surface area contributed by atoms with Gasteiger partial charge in [-0.05, 0) is 12.1 Å². The SMILES string of the molecule is NC(=O)COc1ccccc1C(=O)OCc1csc(-c2ccccc2)n1. The number of carbonyl (C=O) groups excluding carboxylic acids is 2. The molecule has 26 heavy (non-hydrogen) atoms. The number of ether oxygens (including phenoxy) is 2. The van der Waals surface area contributed by atoms with Gasteiger partial charge >= 0.3 is 5.97 Å². The zero-order valence-corrected chi connectivity index (χ0v) is 14.6. The molecule has 1 heterocycles. The van der Waals surface area contributed by atoms with Crippen molar-refractivity contribution in [1.82, 2.24) is 4.98 Å². The molecule has 0 fully saturated rings. The third-order valence-electron chi connectivity index (χ3n) is 3.40. The third kappa shape index (κ3) is 4.46. The minimum atomic E-state index is -0.621. The van der Waals surface area contributed by atoms with Gasteiger partial charge in [-0.1, -0.05) is 42.5 Å². The van der Waals surface area contributed by atoms with Crippen LogP contribution in [0.4, 0.5) is 0 Å². The summed E-state index contributed by atoms with van der Waals surface area (Å²) < 4.78 is 10.6. The first-order chi connectivity index (χ1) is 12.6. The number of para-hydroxylation sites is 1. The van der Waals surface area contributed by atoms with E-state index in [1.165, 1.54) is 11.3 Å². The van der Waals surface area contributed by atoms with Crippen molar-refractivity contribution in [2.75, 3.05) is 6.61 Å². The van der Waals surface area contributed by atoms with Gasteiger partial charge in [-0.15, -0.1) is 11.3 Å². The van der Waals surface area contributed by atoms with Gasteiger partial charge in [-0.3, -0.25) is 4.79 Å². The van der Waals surface area contributed by atoms with E-state index in [1.807, 2.05) is 35.7 Å². The molecule has 0 saturated heterocycles. The predicted molar refractivity (Wildman–Crippen MR) is 97.8 cm³/mol. The normalized spacial score (nSPS) is 10.3. The monoisotopic (exact) mass is 368 g/mol. The molecule has 0 aliphatic heterocycles. The van der Waals surface area contributed by atoms with Crippen LogP contribution in [0.2, 0.25) is 0 Å². The fourth-order valence-electron chi connectivity index (χ4n) is 2.21. The van der Waals surface area contributed by atoms with Gasteiger partial charge in [0.25, 0.3) is 5.91 Å². The summed E-state index contributed by atoms with van der Waals surface area (Å²) in [5.74, 6) is -0.928. The number of nitrogens with zero attached hydrogens (tertiary/aromatic N) is 1. The molecule has 0 spiro atoms. The second kappa shape index (κ2) is 8.26. The summed E-state index contributed by atoms with van der Waals surface area (Å²) in [6, 6.07) is 16.3. The number of thiazole rings is 1. The van der Waals surface area contributed by atoms with Crippen LogP contribution in [0.1, 0.15) is 16.1 Å². The smallest absolute Gasteiger partial charge is 0.342 e. The quantitative estimate of drug-likeness (QED) is 0.647. The number of primary amides is 1. The minimum Gasteiger partial charge on any atom is -0.483 e. The Bertz CT molecular complexity index is 909. The Morgan fingerprint density at radius 1 is 1.04 bits per heavy atom. The van der Waals surface area contributed by atoms with Crippen molar-refractivity contribution in [2.24, 2.45) is 5.73 Å². The van der Waals surface area contributed by atoms with Crippen molar-refractivity contribution < 1.29 is 19.1 Å². The highest BCUT2D eigenvalue weighted by Gasteiger charge is 2.15. The number of rotatable bonds is 7. The fourth-order valence-corrected chi connectivity index (χ4v) is 3.02. The first kappa shape index (κ1) is 17.6. The van der Waals surface area contributed by atoms with E-state index in [9.17, 15) is 9.59 Å². The summed E-state index contributed by atoms with van der Waals surface area (Å²) in [6.45, 7) is -0.261. The van der Waals surface area contributed by atoms with Crippen molar-refractivity contribution in [1.29, 1.82) is 0 Å². The number of benzene rings is 2. The maximum atomic E-state index is 12.3. The van der Waals surface area contributed by atoms with Crippen LogP contribution in [-0.2, 0) is 16.1 Å². The van der Waals surface area contributed by atoms with Gasteiger partial charge in [0.1, 0.15) is 22.9 Å². The van der Waals surface area contributed by atoms with Crippen LogP contribution < -0.4 is 10.5 Å². The second-order valence-electron chi connectivity index (χ2n) is 5.34. The minimum absolute atomic E-state index is 0.0479. The topological polar surface area (TPSA) is 91.5 Å². The second-order valence-corrected chi connectivity index (χ2v) is 6.20. The molecule has 0 saturated carbocycles. The van der Waals surface area contributed by atoms with Crippen molar-refractivity contribution in [2.45, 2.75) is 6.61 Å². The van der Waals surface area contributed by atoms with Crippen molar-refractivity contribution >= 4 is 23.2 Å². The fraction of sp³-hybridized carbons (Fsp3) is 0.105. The molecule has 2 N–H and O–H groups in total. The molecule has 132 valence electrons.